The molecule has 3 rings (SSSR count). The summed E-state index contributed by atoms with van der Waals surface area (Å²) >= 11 is 6.22. The second-order valence-electron chi connectivity index (χ2n) is 9.16. The van der Waals surface area contributed by atoms with Crippen LogP contribution >= 0.6 is 11.6 Å². The van der Waals surface area contributed by atoms with Crippen molar-refractivity contribution < 1.29 is 19.4 Å². The average molecular weight is 482 g/mol. The zero-order valence-electron chi connectivity index (χ0n) is 20.0. The van der Waals surface area contributed by atoms with Gasteiger partial charge in [-0.05, 0) is 62.2 Å². The number of carbonyl (C=O) groups excluding carboxylic acids is 1. The molecule has 0 heterocycles. The van der Waals surface area contributed by atoms with Gasteiger partial charge in [-0.1, -0.05) is 54.1 Å². The van der Waals surface area contributed by atoms with Crippen LogP contribution in [0, 0.1) is 0 Å². The number of aliphatic hydroxyl groups excluding tert-OH is 1. The van der Waals surface area contributed by atoms with Gasteiger partial charge in [-0.15, -0.1) is 0 Å². The molecule has 0 aliphatic carbocycles. The maximum absolute atomic E-state index is 12.2. The van der Waals surface area contributed by atoms with Crippen LogP contribution in [-0.4, -0.2) is 34.7 Å². The number of carbonyl (C=O) groups is 1. The van der Waals surface area contributed by atoms with Gasteiger partial charge in [-0.2, -0.15) is 0 Å². The number of benzene rings is 3. The molecule has 0 bridgehead atoms. The molecule has 0 aliphatic heterocycles. The Balaban J connectivity index is 1.62. The van der Waals surface area contributed by atoms with E-state index in [9.17, 15) is 9.90 Å². The highest BCUT2D eigenvalue weighted by atomic mass is 35.5. The molecule has 0 fully saturated rings. The van der Waals surface area contributed by atoms with E-state index in [4.69, 9.17) is 21.1 Å². The van der Waals surface area contributed by atoms with Crippen LogP contribution in [0.4, 0.5) is 0 Å². The summed E-state index contributed by atoms with van der Waals surface area (Å²) in [4.78, 5) is 14.4. The third-order valence-electron chi connectivity index (χ3n) is 5.07. The third-order valence-corrected chi connectivity index (χ3v) is 5.44. The molecule has 6 heteroatoms. The van der Waals surface area contributed by atoms with Crippen molar-refractivity contribution in [2.75, 3.05) is 13.2 Å². The lowest BCUT2D eigenvalue weighted by atomic mass is 10.1. The smallest absolute Gasteiger partial charge is 0.338 e. The Morgan fingerprint density at radius 2 is 1.65 bits per heavy atom. The Bertz CT molecular complexity index is 1080. The van der Waals surface area contributed by atoms with Crippen molar-refractivity contribution in [3.63, 3.8) is 0 Å². The topological polar surface area (TPSA) is 59.0 Å². The first-order chi connectivity index (χ1) is 16.2. The maximum Gasteiger partial charge on any atom is 0.338 e. The monoisotopic (exact) mass is 481 g/mol. The highest BCUT2D eigenvalue weighted by Gasteiger charge is 2.18. The highest BCUT2D eigenvalue weighted by molar-refractivity contribution is 6.31. The molecular formula is C28H32ClNO4. The van der Waals surface area contributed by atoms with Crippen LogP contribution in [-0.2, 0) is 24.4 Å². The van der Waals surface area contributed by atoms with E-state index in [1.54, 1.807) is 12.1 Å². The molecule has 5 nitrogen and oxygen atoms in total. The van der Waals surface area contributed by atoms with E-state index in [2.05, 4.69) is 4.90 Å². The molecular weight excluding hydrogens is 450 g/mol. The molecule has 0 saturated carbocycles. The first kappa shape index (κ1) is 25.8. The van der Waals surface area contributed by atoms with E-state index in [0.717, 1.165) is 22.4 Å². The lowest BCUT2D eigenvalue weighted by Crippen LogP contribution is -2.26. The van der Waals surface area contributed by atoms with Crippen molar-refractivity contribution >= 4 is 17.6 Å². The van der Waals surface area contributed by atoms with Gasteiger partial charge >= 0.3 is 5.97 Å². The normalized spacial score (nSPS) is 11.5. The molecule has 0 aromatic heterocycles. The molecule has 0 amide bonds. The summed E-state index contributed by atoms with van der Waals surface area (Å²) in [7, 11) is 0. The summed E-state index contributed by atoms with van der Waals surface area (Å²) in [6, 6.07) is 23.0. The number of ether oxygens (including phenoxy) is 2. The first-order valence-electron chi connectivity index (χ1n) is 11.3. The van der Waals surface area contributed by atoms with E-state index in [1.807, 2.05) is 81.4 Å². The van der Waals surface area contributed by atoms with Crippen LogP contribution in [0.2, 0.25) is 5.02 Å². The van der Waals surface area contributed by atoms with Gasteiger partial charge in [0.2, 0.25) is 0 Å². The number of rotatable bonds is 10. The number of hydrogen-bond donors (Lipinski definition) is 1. The maximum atomic E-state index is 12.2. The minimum atomic E-state index is -0.528. The molecule has 0 aliphatic rings. The van der Waals surface area contributed by atoms with E-state index < -0.39 is 5.60 Å². The van der Waals surface area contributed by atoms with Crippen LogP contribution < -0.4 is 4.74 Å². The summed E-state index contributed by atoms with van der Waals surface area (Å²) in [6.45, 7) is 7.82. The fourth-order valence-corrected chi connectivity index (χ4v) is 3.66. The van der Waals surface area contributed by atoms with Crippen molar-refractivity contribution in [2.24, 2.45) is 0 Å². The predicted molar refractivity (Wildman–Crippen MR) is 135 cm³/mol. The fourth-order valence-electron chi connectivity index (χ4n) is 3.47. The largest absolute Gasteiger partial charge is 0.489 e. The van der Waals surface area contributed by atoms with Crippen molar-refractivity contribution in [1.82, 2.24) is 4.90 Å². The Morgan fingerprint density at radius 3 is 2.32 bits per heavy atom. The van der Waals surface area contributed by atoms with Crippen molar-refractivity contribution in [3.05, 3.63) is 100 Å². The summed E-state index contributed by atoms with van der Waals surface area (Å²) in [5.41, 5.74) is 3.06. The molecule has 0 saturated heterocycles. The highest BCUT2D eigenvalue weighted by Crippen LogP contribution is 2.21. The number of aliphatic hydroxyl groups is 1. The zero-order chi connectivity index (χ0) is 24.6. The van der Waals surface area contributed by atoms with Gasteiger partial charge in [-0.3, -0.25) is 4.90 Å². The quantitative estimate of drug-likeness (QED) is 0.367. The minimum absolute atomic E-state index is 0.0543. The summed E-state index contributed by atoms with van der Waals surface area (Å²) in [5.74, 6) is 0.433. The molecule has 0 atom stereocenters. The van der Waals surface area contributed by atoms with Gasteiger partial charge in [0.25, 0.3) is 0 Å². The molecule has 3 aromatic carbocycles. The second kappa shape index (κ2) is 12.0. The van der Waals surface area contributed by atoms with Gasteiger partial charge in [0, 0.05) is 30.2 Å². The van der Waals surface area contributed by atoms with Gasteiger partial charge in [0.15, 0.2) is 0 Å². The van der Waals surface area contributed by atoms with Gasteiger partial charge in [0.1, 0.15) is 18.0 Å². The molecule has 34 heavy (non-hydrogen) atoms. The molecule has 0 spiro atoms. The molecule has 1 N–H and O–H groups in total. The van der Waals surface area contributed by atoms with E-state index in [0.29, 0.717) is 36.8 Å². The van der Waals surface area contributed by atoms with Crippen molar-refractivity contribution in [1.29, 1.82) is 0 Å². The van der Waals surface area contributed by atoms with Crippen molar-refractivity contribution in [2.45, 2.75) is 46.1 Å². The van der Waals surface area contributed by atoms with E-state index >= 15 is 0 Å². The summed E-state index contributed by atoms with van der Waals surface area (Å²) in [5, 5.41) is 10.3. The van der Waals surface area contributed by atoms with Crippen LogP contribution in [0.1, 0.15) is 47.8 Å². The van der Waals surface area contributed by atoms with E-state index in [-0.39, 0.29) is 12.6 Å². The van der Waals surface area contributed by atoms with Gasteiger partial charge < -0.3 is 14.6 Å². The predicted octanol–water partition coefficient (Wildman–Crippen LogP) is 5.87. The minimum Gasteiger partial charge on any atom is -0.489 e. The first-order valence-corrected chi connectivity index (χ1v) is 11.7. The number of hydrogen-bond acceptors (Lipinski definition) is 5. The summed E-state index contributed by atoms with van der Waals surface area (Å²) < 4.78 is 11.4. The lowest BCUT2D eigenvalue weighted by Gasteiger charge is -2.22. The third kappa shape index (κ3) is 8.17. The number of esters is 1. The number of halogens is 1. The lowest BCUT2D eigenvalue weighted by molar-refractivity contribution is 0.00695. The van der Waals surface area contributed by atoms with Crippen LogP contribution in [0.5, 0.6) is 5.75 Å². The van der Waals surface area contributed by atoms with E-state index in [1.165, 1.54) is 0 Å². The SMILES string of the molecule is CC(C)(C)OC(=O)c1ccc(CN(CCO)Cc2cccc(OCc3ccccc3Cl)c2)cc1. The Morgan fingerprint density at radius 1 is 0.941 bits per heavy atom. The van der Waals surface area contributed by atoms with Gasteiger partial charge in [0.05, 0.1) is 12.2 Å². The molecule has 0 unspecified atom stereocenters. The molecule has 0 radical (unpaired) electrons. The molecule has 180 valence electrons. The Labute approximate surface area is 206 Å². The number of nitrogens with zero attached hydrogens (tertiary/aromatic N) is 1. The van der Waals surface area contributed by atoms with Crippen LogP contribution in [0.15, 0.2) is 72.8 Å². The van der Waals surface area contributed by atoms with Crippen LogP contribution in [0.25, 0.3) is 0 Å². The molecule has 3 aromatic rings. The van der Waals surface area contributed by atoms with Gasteiger partial charge in [-0.25, -0.2) is 4.79 Å². The Kier molecular flexibility index (Phi) is 9.11. The Hall–Kier alpha value is -2.86. The zero-order valence-corrected chi connectivity index (χ0v) is 20.7. The standard InChI is InChI=1S/C28H32ClNO4/c1-28(2,3)34-27(32)23-13-11-21(12-14-23)18-30(15-16-31)19-22-7-6-9-25(17-22)33-20-24-8-4-5-10-26(24)29/h4-14,17,31H,15-16,18-20H2,1-3H3. The average Bonchev–Trinajstić information content (AvgIpc) is 2.78. The van der Waals surface area contributed by atoms with Crippen LogP contribution in [0.3, 0.4) is 0 Å². The van der Waals surface area contributed by atoms with Crippen molar-refractivity contribution in [3.8, 4) is 5.75 Å². The fraction of sp³-hybridized carbons (Fsp3) is 0.321. The summed E-state index contributed by atoms with van der Waals surface area (Å²) in [6.07, 6.45) is 0. The second-order valence-corrected chi connectivity index (χ2v) is 9.57.